The highest BCUT2D eigenvalue weighted by atomic mass is 35.5. The van der Waals surface area contributed by atoms with Crippen LogP contribution in [-0.4, -0.2) is 21.4 Å². The number of aromatic amines is 2. The fourth-order valence-corrected chi connectivity index (χ4v) is 3.36. The van der Waals surface area contributed by atoms with E-state index in [0.717, 1.165) is 39.9 Å². The van der Waals surface area contributed by atoms with Crippen LogP contribution in [0.3, 0.4) is 0 Å². The van der Waals surface area contributed by atoms with Gasteiger partial charge in [-0.3, -0.25) is 4.99 Å². The van der Waals surface area contributed by atoms with E-state index in [1.54, 1.807) is 0 Å². The van der Waals surface area contributed by atoms with Crippen LogP contribution >= 0.6 is 23.2 Å². The summed E-state index contributed by atoms with van der Waals surface area (Å²) in [4.78, 5) is 15.8. The summed E-state index contributed by atoms with van der Waals surface area (Å²) in [5.41, 5.74) is 6.68. The minimum atomic E-state index is 0.596. The number of fused-ring (bicyclic) bond motifs is 7. The molecular formula is C19H11Cl2N4. The third-order valence-electron chi connectivity index (χ3n) is 4.12. The number of H-pyrrole nitrogens is 2. The quantitative estimate of drug-likeness (QED) is 0.668. The molecule has 2 aromatic heterocycles. The number of rotatable bonds is 0. The first-order chi connectivity index (χ1) is 12.1. The van der Waals surface area contributed by atoms with E-state index >= 15 is 0 Å². The van der Waals surface area contributed by atoms with E-state index in [-0.39, 0.29) is 0 Å². The number of allylic oxidation sites excluding steroid dienone is 4. The topological polar surface area (TPSA) is 56.3 Å². The van der Waals surface area contributed by atoms with E-state index in [1.807, 2.05) is 55.0 Å². The molecule has 0 aromatic carbocycles. The van der Waals surface area contributed by atoms with Gasteiger partial charge in [-0.1, -0.05) is 23.2 Å². The zero-order valence-electron chi connectivity index (χ0n) is 12.8. The minimum absolute atomic E-state index is 0.596. The molecule has 4 nitrogen and oxygen atoms in total. The lowest BCUT2D eigenvalue weighted by Gasteiger charge is -1.96. The Bertz CT molecular complexity index is 1090. The van der Waals surface area contributed by atoms with Gasteiger partial charge < -0.3 is 9.97 Å². The maximum absolute atomic E-state index is 6.37. The second-order valence-electron chi connectivity index (χ2n) is 5.92. The lowest BCUT2D eigenvalue weighted by atomic mass is 10.2. The van der Waals surface area contributed by atoms with Gasteiger partial charge in [0.2, 0.25) is 0 Å². The monoisotopic (exact) mass is 365 g/mol. The molecule has 0 aliphatic carbocycles. The summed E-state index contributed by atoms with van der Waals surface area (Å²) in [6, 6.07) is 5.84. The van der Waals surface area contributed by atoms with Crippen molar-refractivity contribution in [3.05, 3.63) is 87.1 Å². The van der Waals surface area contributed by atoms with Crippen molar-refractivity contribution in [1.82, 2.24) is 9.97 Å². The Hall–Kier alpha value is -2.56. The molecule has 25 heavy (non-hydrogen) atoms. The van der Waals surface area contributed by atoms with Gasteiger partial charge in [0.15, 0.2) is 0 Å². The van der Waals surface area contributed by atoms with Crippen LogP contribution in [0.15, 0.2) is 62.8 Å². The SMILES string of the molecule is ClC1=CC2=N/C1=C\c1ccc([nH]1)[CH]C1=N/C(=C\c3[nH]c2cc3Cl)C=C1. The number of hydrogen-bond donors (Lipinski definition) is 2. The molecule has 6 heteroatoms. The van der Waals surface area contributed by atoms with Crippen molar-refractivity contribution in [2.45, 2.75) is 0 Å². The van der Waals surface area contributed by atoms with Crippen molar-refractivity contribution in [3.63, 3.8) is 0 Å². The van der Waals surface area contributed by atoms with Gasteiger partial charge in [0, 0.05) is 11.4 Å². The number of halogens is 2. The Morgan fingerprint density at radius 3 is 2.68 bits per heavy atom. The Morgan fingerprint density at radius 2 is 1.76 bits per heavy atom. The second kappa shape index (κ2) is 5.48. The molecule has 2 aromatic rings. The van der Waals surface area contributed by atoms with Gasteiger partial charge in [0.1, 0.15) is 0 Å². The number of aromatic nitrogens is 2. The van der Waals surface area contributed by atoms with Crippen molar-refractivity contribution in [1.29, 1.82) is 0 Å². The van der Waals surface area contributed by atoms with Crippen molar-refractivity contribution < 1.29 is 0 Å². The highest BCUT2D eigenvalue weighted by Crippen LogP contribution is 2.30. The summed E-state index contributed by atoms with van der Waals surface area (Å²) in [5, 5.41) is 1.21. The predicted molar refractivity (Wildman–Crippen MR) is 103 cm³/mol. The molecule has 0 saturated carbocycles. The summed E-state index contributed by atoms with van der Waals surface area (Å²) in [7, 11) is 0. The van der Waals surface area contributed by atoms with Crippen LogP contribution < -0.4 is 0 Å². The van der Waals surface area contributed by atoms with Crippen LogP contribution in [0.25, 0.3) is 12.2 Å². The molecule has 0 fully saturated rings. The Balaban J connectivity index is 1.71. The number of hydrogen-bond acceptors (Lipinski definition) is 2. The van der Waals surface area contributed by atoms with E-state index < -0.39 is 0 Å². The fraction of sp³-hybridized carbons (Fsp3) is 0. The average molecular weight is 366 g/mol. The van der Waals surface area contributed by atoms with E-state index in [4.69, 9.17) is 23.2 Å². The van der Waals surface area contributed by atoms with Crippen LogP contribution in [0, 0.1) is 6.42 Å². The molecule has 0 amide bonds. The third-order valence-corrected chi connectivity index (χ3v) is 4.74. The van der Waals surface area contributed by atoms with Crippen LogP contribution in [0.1, 0.15) is 22.8 Å². The van der Waals surface area contributed by atoms with Gasteiger partial charge in [0.25, 0.3) is 0 Å². The highest BCUT2D eigenvalue weighted by molar-refractivity contribution is 6.37. The first-order valence-electron chi connectivity index (χ1n) is 7.73. The maximum atomic E-state index is 6.37. The van der Waals surface area contributed by atoms with Crippen LogP contribution in [0.5, 0.6) is 0 Å². The van der Waals surface area contributed by atoms with Gasteiger partial charge in [0.05, 0.1) is 50.7 Å². The van der Waals surface area contributed by atoms with Crippen LogP contribution in [-0.2, 0) is 0 Å². The second-order valence-corrected chi connectivity index (χ2v) is 6.73. The van der Waals surface area contributed by atoms with Gasteiger partial charge in [-0.15, -0.1) is 0 Å². The molecule has 5 heterocycles. The first-order valence-corrected chi connectivity index (χ1v) is 8.49. The summed E-state index contributed by atoms with van der Waals surface area (Å²) in [5.74, 6) is 0. The molecule has 1 radical (unpaired) electrons. The number of aliphatic imine (C=N–C) groups is 2. The highest BCUT2D eigenvalue weighted by Gasteiger charge is 2.18. The molecule has 0 atom stereocenters. The lowest BCUT2D eigenvalue weighted by molar-refractivity contribution is 1.28. The molecule has 121 valence electrons. The Morgan fingerprint density at radius 1 is 0.880 bits per heavy atom. The largest absolute Gasteiger partial charge is 0.358 e. The molecule has 8 bridgehead atoms. The predicted octanol–water partition coefficient (Wildman–Crippen LogP) is 4.88. The summed E-state index contributed by atoms with van der Waals surface area (Å²) in [6.07, 6.45) is 11.6. The summed E-state index contributed by atoms with van der Waals surface area (Å²) >= 11 is 12.7. The molecule has 0 spiro atoms. The Kier molecular flexibility index (Phi) is 3.23. The normalized spacial score (nSPS) is 22.2. The smallest absolute Gasteiger partial charge is 0.0888 e. The average Bonchev–Trinajstić information content (AvgIpc) is 3.32. The van der Waals surface area contributed by atoms with Crippen LogP contribution in [0.4, 0.5) is 0 Å². The van der Waals surface area contributed by atoms with E-state index in [9.17, 15) is 0 Å². The maximum Gasteiger partial charge on any atom is 0.0888 e. The minimum Gasteiger partial charge on any atom is -0.358 e. The van der Waals surface area contributed by atoms with Gasteiger partial charge in [-0.05, 0) is 48.6 Å². The molecule has 0 saturated heterocycles. The summed E-state index contributed by atoms with van der Waals surface area (Å²) < 4.78 is 0. The van der Waals surface area contributed by atoms with Crippen molar-refractivity contribution in [2.24, 2.45) is 9.98 Å². The first kappa shape index (κ1) is 14.8. The molecule has 0 unspecified atom stereocenters. The van der Waals surface area contributed by atoms with Crippen molar-refractivity contribution >= 4 is 46.8 Å². The molecular weight excluding hydrogens is 355 g/mol. The van der Waals surface area contributed by atoms with Crippen LogP contribution in [0.2, 0.25) is 5.02 Å². The standard InChI is InChI=1S/C19H11Cl2N4/c20-14-8-18-19-9-15(21)17(25-19)7-13-4-2-11(23-13)5-10-1-3-12(22-10)6-16(14)24-18/h1-9,22,25H/b13-7-,16-6-. The van der Waals surface area contributed by atoms with Gasteiger partial charge >= 0.3 is 0 Å². The van der Waals surface area contributed by atoms with Gasteiger partial charge in [-0.25, -0.2) is 4.99 Å². The number of nitrogens with zero attached hydrogens (tertiary/aromatic N) is 2. The Labute approximate surface area is 154 Å². The van der Waals surface area contributed by atoms with E-state index in [1.165, 1.54) is 0 Å². The zero-order chi connectivity index (χ0) is 17.0. The molecule has 3 aliphatic rings. The third kappa shape index (κ3) is 2.64. The summed E-state index contributed by atoms with van der Waals surface area (Å²) in [6.45, 7) is 0. The van der Waals surface area contributed by atoms with E-state index in [0.29, 0.717) is 15.8 Å². The van der Waals surface area contributed by atoms with Crippen molar-refractivity contribution in [2.75, 3.05) is 0 Å². The molecule has 5 rings (SSSR count). The molecule has 3 aliphatic heterocycles. The fourth-order valence-electron chi connectivity index (χ4n) is 2.94. The zero-order valence-corrected chi connectivity index (χ0v) is 14.4. The van der Waals surface area contributed by atoms with Gasteiger partial charge in [-0.2, -0.15) is 0 Å². The molecule has 2 N–H and O–H groups in total. The lowest BCUT2D eigenvalue weighted by Crippen LogP contribution is -1.94. The van der Waals surface area contributed by atoms with E-state index in [2.05, 4.69) is 20.0 Å². The van der Waals surface area contributed by atoms with Crippen molar-refractivity contribution in [3.8, 4) is 0 Å². The number of nitrogens with one attached hydrogen (secondary N) is 2.